The highest BCUT2D eigenvalue weighted by molar-refractivity contribution is 6.74. The maximum atomic E-state index is 13.5. The number of amidine groups is 1. The van der Waals surface area contributed by atoms with Gasteiger partial charge in [-0.05, 0) is 31.0 Å². The van der Waals surface area contributed by atoms with Crippen LogP contribution >= 0.6 is 0 Å². The molecular formula is C20H36N4O3Si. The smallest absolute Gasteiger partial charge is 0.234 e. The van der Waals surface area contributed by atoms with Crippen molar-refractivity contribution in [1.29, 1.82) is 5.41 Å². The number of nitrogens with one attached hydrogen (secondary N) is 1. The van der Waals surface area contributed by atoms with Gasteiger partial charge in [-0.15, -0.1) is 0 Å². The van der Waals surface area contributed by atoms with E-state index < -0.39 is 20.3 Å². The second-order valence-electron chi connectivity index (χ2n) is 9.79. The van der Waals surface area contributed by atoms with E-state index in [0.29, 0.717) is 18.7 Å². The van der Waals surface area contributed by atoms with Crippen LogP contribution in [-0.2, 0) is 9.22 Å². The number of carbonyl (C=O) groups is 1. The van der Waals surface area contributed by atoms with Crippen molar-refractivity contribution in [2.45, 2.75) is 84.2 Å². The van der Waals surface area contributed by atoms with E-state index in [-0.39, 0.29) is 28.8 Å². The Labute approximate surface area is 169 Å². The molecule has 0 aliphatic carbocycles. The fourth-order valence-electron chi connectivity index (χ4n) is 3.46. The monoisotopic (exact) mass is 408 g/mol. The normalized spacial score (nSPS) is 22.0. The Balaban J connectivity index is 2.26. The Bertz CT molecular complexity index is 723. The molecule has 2 rings (SSSR count). The maximum Gasteiger partial charge on any atom is 0.234 e. The molecule has 0 spiro atoms. The van der Waals surface area contributed by atoms with Crippen LogP contribution in [0.15, 0.2) is 10.6 Å². The molecule has 1 fully saturated rings. The highest BCUT2D eigenvalue weighted by Crippen LogP contribution is 2.39. The average molecular weight is 409 g/mol. The summed E-state index contributed by atoms with van der Waals surface area (Å²) in [6.45, 7) is 17.3. The van der Waals surface area contributed by atoms with Crippen molar-refractivity contribution < 1.29 is 13.7 Å². The molecule has 0 saturated carbocycles. The van der Waals surface area contributed by atoms with Gasteiger partial charge < -0.3 is 19.6 Å². The number of nitrogens with zero attached hydrogens (tertiary/aromatic N) is 2. The summed E-state index contributed by atoms with van der Waals surface area (Å²) in [6.07, 6.45) is 0.455. The fraction of sp³-hybridized carbons (Fsp3) is 0.750. The predicted molar refractivity (Wildman–Crippen MR) is 113 cm³/mol. The summed E-state index contributed by atoms with van der Waals surface area (Å²) < 4.78 is 11.9. The molecule has 3 atom stereocenters. The van der Waals surface area contributed by atoms with Gasteiger partial charge in [-0.1, -0.05) is 39.8 Å². The number of hydrogen-bond donors (Lipinski definition) is 2. The molecule has 8 heteroatoms. The van der Waals surface area contributed by atoms with Crippen molar-refractivity contribution >= 4 is 20.1 Å². The lowest BCUT2D eigenvalue weighted by molar-refractivity contribution is -0.134. The van der Waals surface area contributed by atoms with Crippen LogP contribution < -0.4 is 5.73 Å². The lowest BCUT2D eigenvalue weighted by Crippen LogP contribution is -2.46. The van der Waals surface area contributed by atoms with Crippen molar-refractivity contribution in [3.8, 4) is 0 Å². The summed E-state index contributed by atoms with van der Waals surface area (Å²) in [5, 5.41) is 12.0. The highest BCUT2D eigenvalue weighted by Gasteiger charge is 2.46. The molecule has 1 aromatic heterocycles. The van der Waals surface area contributed by atoms with Crippen LogP contribution in [-0.4, -0.2) is 48.8 Å². The van der Waals surface area contributed by atoms with E-state index in [4.69, 9.17) is 20.1 Å². The standard InChI is InChI=1S/C20H36N4O3Si/c1-12(2)17(16-9-13(3)23-26-16)19(25)24-11-14(10-15(24)18(21)22)27-28(7,8)20(4,5)6/h9,12,14-15,17H,10-11H2,1-8H3,(H3,21,22)/t14?,15-,17?/m0/s1. The number of hydrogen-bond acceptors (Lipinski definition) is 5. The van der Waals surface area contributed by atoms with E-state index in [1.54, 1.807) is 4.90 Å². The van der Waals surface area contributed by atoms with E-state index >= 15 is 0 Å². The van der Waals surface area contributed by atoms with Crippen LogP contribution in [0.4, 0.5) is 0 Å². The SMILES string of the molecule is Cc1cc(C(C(=O)N2CC(O[Si](C)(C)C(C)(C)C)C[C@H]2C(=N)N)C(C)C)on1. The van der Waals surface area contributed by atoms with Crippen LogP contribution in [0.2, 0.25) is 18.1 Å². The third-order valence-electron chi connectivity index (χ3n) is 6.06. The molecular weight excluding hydrogens is 372 g/mol. The van der Waals surface area contributed by atoms with E-state index in [0.717, 1.165) is 5.69 Å². The van der Waals surface area contributed by atoms with Gasteiger partial charge in [-0.3, -0.25) is 10.2 Å². The third-order valence-corrected chi connectivity index (χ3v) is 10.6. The number of rotatable bonds is 6. The summed E-state index contributed by atoms with van der Waals surface area (Å²) in [7, 11) is -1.99. The van der Waals surface area contributed by atoms with Gasteiger partial charge in [0.25, 0.3) is 0 Å². The zero-order valence-electron chi connectivity index (χ0n) is 18.5. The Morgan fingerprint density at radius 1 is 1.43 bits per heavy atom. The average Bonchev–Trinajstić information content (AvgIpc) is 3.12. The van der Waals surface area contributed by atoms with E-state index in [1.165, 1.54) is 0 Å². The second-order valence-corrected chi connectivity index (χ2v) is 14.5. The molecule has 1 aliphatic heterocycles. The van der Waals surface area contributed by atoms with Crippen LogP contribution in [0.3, 0.4) is 0 Å². The molecule has 0 bridgehead atoms. The molecule has 7 nitrogen and oxygen atoms in total. The summed E-state index contributed by atoms with van der Waals surface area (Å²) in [6, 6.07) is 1.37. The Morgan fingerprint density at radius 3 is 2.46 bits per heavy atom. The number of carbonyl (C=O) groups excluding carboxylic acids is 1. The van der Waals surface area contributed by atoms with Gasteiger partial charge >= 0.3 is 0 Å². The first kappa shape index (κ1) is 22.6. The highest BCUT2D eigenvalue weighted by atomic mass is 28.4. The van der Waals surface area contributed by atoms with Gasteiger partial charge in [0.1, 0.15) is 17.5 Å². The molecule has 3 N–H and O–H groups in total. The number of aryl methyl sites for hydroxylation is 1. The minimum Gasteiger partial charge on any atom is -0.412 e. The lowest BCUT2D eigenvalue weighted by atomic mass is 9.91. The minimum atomic E-state index is -1.99. The topological polar surface area (TPSA) is 105 Å². The predicted octanol–water partition coefficient (Wildman–Crippen LogP) is 3.65. The Hall–Kier alpha value is -1.67. The summed E-state index contributed by atoms with van der Waals surface area (Å²) >= 11 is 0. The molecule has 1 aliphatic rings. The zero-order chi connectivity index (χ0) is 21.4. The first-order valence-corrected chi connectivity index (χ1v) is 12.9. The molecule has 1 aromatic rings. The van der Waals surface area contributed by atoms with Crippen LogP contribution in [0.25, 0.3) is 0 Å². The Morgan fingerprint density at radius 2 is 2.04 bits per heavy atom. The zero-order valence-corrected chi connectivity index (χ0v) is 19.5. The number of amides is 1. The summed E-state index contributed by atoms with van der Waals surface area (Å²) in [5.74, 6) is 0.0784. The van der Waals surface area contributed by atoms with Crippen molar-refractivity contribution in [2.75, 3.05) is 6.54 Å². The van der Waals surface area contributed by atoms with Crippen molar-refractivity contribution in [2.24, 2.45) is 11.7 Å². The van der Waals surface area contributed by atoms with Crippen LogP contribution in [0.5, 0.6) is 0 Å². The number of aromatic nitrogens is 1. The first-order valence-electron chi connectivity index (χ1n) is 10.00. The van der Waals surface area contributed by atoms with Crippen LogP contribution in [0, 0.1) is 18.3 Å². The quantitative estimate of drug-likeness (QED) is 0.424. The van der Waals surface area contributed by atoms with Gasteiger partial charge in [-0.25, -0.2) is 0 Å². The van der Waals surface area contributed by atoms with E-state index in [9.17, 15) is 4.79 Å². The van der Waals surface area contributed by atoms with E-state index in [2.05, 4.69) is 39.0 Å². The fourth-order valence-corrected chi connectivity index (χ4v) is 4.82. The second kappa shape index (κ2) is 7.98. The summed E-state index contributed by atoms with van der Waals surface area (Å²) in [5.41, 5.74) is 6.61. The summed E-state index contributed by atoms with van der Waals surface area (Å²) in [4.78, 5) is 15.2. The Kier molecular flexibility index (Phi) is 6.45. The van der Waals surface area contributed by atoms with Crippen molar-refractivity contribution in [3.63, 3.8) is 0 Å². The molecule has 158 valence electrons. The molecule has 0 aromatic carbocycles. The number of likely N-dealkylation sites (tertiary alicyclic amines) is 1. The van der Waals surface area contributed by atoms with Crippen molar-refractivity contribution in [3.05, 3.63) is 17.5 Å². The lowest BCUT2D eigenvalue weighted by Gasteiger charge is -2.38. The molecule has 2 unspecified atom stereocenters. The van der Waals surface area contributed by atoms with Gasteiger partial charge in [0, 0.05) is 19.0 Å². The molecule has 1 amide bonds. The molecule has 1 saturated heterocycles. The van der Waals surface area contributed by atoms with Crippen molar-refractivity contribution in [1.82, 2.24) is 10.1 Å². The molecule has 2 heterocycles. The third kappa shape index (κ3) is 4.65. The first-order chi connectivity index (χ1) is 12.7. The number of nitrogens with two attached hydrogens (primary N) is 1. The largest absolute Gasteiger partial charge is 0.412 e. The minimum absolute atomic E-state index is 0.00550. The molecule has 0 radical (unpaired) electrons. The maximum absolute atomic E-state index is 13.5. The van der Waals surface area contributed by atoms with E-state index in [1.807, 2.05) is 26.8 Å². The van der Waals surface area contributed by atoms with Gasteiger partial charge in [-0.2, -0.15) is 0 Å². The van der Waals surface area contributed by atoms with Gasteiger partial charge in [0.2, 0.25) is 5.91 Å². The van der Waals surface area contributed by atoms with Gasteiger partial charge in [0.15, 0.2) is 8.32 Å². The van der Waals surface area contributed by atoms with Gasteiger partial charge in [0.05, 0.1) is 17.8 Å². The molecule has 28 heavy (non-hydrogen) atoms. The van der Waals surface area contributed by atoms with Crippen LogP contribution in [0.1, 0.15) is 58.4 Å².